The van der Waals surface area contributed by atoms with E-state index >= 15 is 0 Å². The number of amides is 1. The summed E-state index contributed by atoms with van der Waals surface area (Å²) in [6.45, 7) is 0.906. The third-order valence-corrected chi connectivity index (χ3v) is 8.36. The van der Waals surface area contributed by atoms with Crippen LogP contribution >= 0.6 is 15.9 Å². The zero-order chi connectivity index (χ0) is 19.3. The van der Waals surface area contributed by atoms with Gasteiger partial charge in [0.25, 0.3) is 0 Å². The Morgan fingerprint density at radius 1 is 1.36 bits per heavy atom. The second-order valence-electron chi connectivity index (χ2n) is 8.98. The van der Waals surface area contributed by atoms with Gasteiger partial charge in [-0.05, 0) is 50.3 Å². The number of likely N-dealkylation sites (tertiary alicyclic amines) is 1. The van der Waals surface area contributed by atoms with Gasteiger partial charge in [-0.15, -0.1) is 0 Å². The number of carbonyl (C=O) groups excluding carboxylic acids is 2. The monoisotopic (exact) mass is 446 g/mol. The smallest absolute Gasteiger partial charge is 0.231 e. The Balaban J connectivity index is 1.63. The number of carbonyl (C=O) groups is 2. The van der Waals surface area contributed by atoms with E-state index in [0.29, 0.717) is 24.6 Å². The van der Waals surface area contributed by atoms with E-state index in [1.165, 1.54) is 12.8 Å². The third kappa shape index (κ3) is 1.88. The number of halogens is 1. The van der Waals surface area contributed by atoms with Gasteiger partial charge in [0.05, 0.1) is 16.3 Å². The second-order valence-corrected chi connectivity index (χ2v) is 9.54. The van der Waals surface area contributed by atoms with Gasteiger partial charge in [0.2, 0.25) is 5.91 Å². The molecular formula is C21H23BrN2O4. The SMILES string of the molecule is O=C(CBr)N[C@@]12CCC(=O)[C@@H]3Oc4c(O)ccc5c4[C@@]31CCN(C1CC1)[C@@H]2C5. The number of piperidine rings is 1. The molecule has 2 bridgehead atoms. The molecule has 1 aromatic rings. The van der Waals surface area contributed by atoms with Crippen molar-refractivity contribution in [1.82, 2.24) is 10.2 Å². The van der Waals surface area contributed by atoms with E-state index in [2.05, 4.69) is 26.1 Å². The van der Waals surface area contributed by atoms with Gasteiger partial charge in [0.1, 0.15) is 0 Å². The van der Waals surface area contributed by atoms with Crippen LogP contribution in [-0.2, 0) is 21.4 Å². The Kier molecular flexibility index (Phi) is 3.40. The number of benzene rings is 1. The molecule has 0 aromatic heterocycles. The predicted molar refractivity (Wildman–Crippen MR) is 105 cm³/mol. The molecule has 1 spiro atoms. The summed E-state index contributed by atoms with van der Waals surface area (Å²) in [5.74, 6) is 0.602. The summed E-state index contributed by atoms with van der Waals surface area (Å²) in [7, 11) is 0. The molecule has 7 heteroatoms. The van der Waals surface area contributed by atoms with Crippen molar-refractivity contribution in [3.05, 3.63) is 23.3 Å². The number of ether oxygens (including phenoxy) is 1. The number of rotatable bonds is 3. The largest absolute Gasteiger partial charge is 0.504 e. The molecule has 0 unspecified atom stereocenters. The van der Waals surface area contributed by atoms with E-state index in [9.17, 15) is 14.7 Å². The highest BCUT2D eigenvalue weighted by atomic mass is 79.9. The van der Waals surface area contributed by atoms with Crippen LogP contribution in [0.3, 0.4) is 0 Å². The molecule has 6 nitrogen and oxygen atoms in total. The molecule has 2 heterocycles. The minimum Gasteiger partial charge on any atom is -0.504 e. The molecule has 4 atom stereocenters. The number of alkyl halides is 1. The number of aromatic hydroxyl groups is 1. The van der Waals surface area contributed by atoms with Gasteiger partial charge in [-0.3, -0.25) is 14.5 Å². The molecule has 3 aliphatic carbocycles. The van der Waals surface area contributed by atoms with Crippen molar-refractivity contribution in [1.29, 1.82) is 0 Å². The molecule has 0 radical (unpaired) electrons. The van der Waals surface area contributed by atoms with Crippen LogP contribution in [0.4, 0.5) is 0 Å². The number of hydrogen-bond acceptors (Lipinski definition) is 5. The maximum atomic E-state index is 13.0. The van der Waals surface area contributed by atoms with E-state index in [1.807, 2.05) is 6.07 Å². The van der Waals surface area contributed by atoms with Crippen LogP contribution in [0.5, 0.6) is 11.5 Å². The Labute approximate surface area is 171 Å². The van der Waals surface area contributed by atoms with E-state index in [4.69, 9.17) is 4.74 Å². The number of phenolic OH excluding ortho intramolecular Hbond substituents is 1. The quantitative estimate of drug-likeness (QED) is 0.692. The fourth-order valence-electron chi connectivity index (χ4n) is 6.78. The normalized spacial score (nSPS) is 38.0. The highest BCUT2D eigenvalue weighted by molar-refractivity contribution is 9.09. The molecule has 2 N–H and O–H groups in total. The van der Waals surface area contributed by atoms with Crippen LogP contribution in [0.2, 0.25) is 0 Å². The van der Waals surface area contributed by atoms with E-state index in [-0.39, 0.29) is 28.8 Å². The molecule has 1 amide bonds. The Hall–Kier alpha value is -1.60. The number of Topliss-reactive ketones (excluding diaryl/α,β-unsaturated/α-hetero) is 1. The molecule has 2 aliphatic heterocycles. The molecular weight excluding hydrogens is 424 g/mol. The minimum absolute atomic E-state index is 0.0489. The molecule has 2 saturated carbocycles. The lowest BCUT2D eigenvalue weighted by Gasteiger charge is -2.65. The topological polar surface area (TPSA) is 78.9 Å². The number of hydrogen-bond donors (Lipinski definition) is 2. The van der Waals surface area contributed by atoms with Gasteiger partial charge in [0, 0.05) is 24.1 Å². The summed E-state index contributed by atoms with van der Waals surface area (Å²) >= 11 is 3.31. The van der Waals surface area contributed by atoms with Crippen LogP contribution in [0, 0.1) is 0 Å². The summed E-state index contributed by atoms with van der Waals surface area (Å²) in [6, 6.07) is 4.41. The van der Waals surface area contributed by atoms with Gasteiger partial charge < -0.3 is 15.2 Å². The summed E-state index contributed by atoms with van der Waals surface area (Å²) in [4.78, 5) is 28.3. The van der Waals surface area contributed by atoms with Crippen molar-refractivity contribution in [2.24, 2.45) is 0 Å². The van der Waals surface area contributed by atoms with Crippen molar-refractivity contribution < 1.29 is 19.4 Å². The molecule has 1 aromatic carbocycles. The lowest BCUT2D eigenvalue weighted by atomic mass is 9.47. The maximum absolute atomic E-state index is 13.0. The van der Waals surface area contributed by atoms with E-state index in [1.54, 1.807) is 6.07 Å². The lowest BCUT2D eigenvalue weighted by Crippen LogP contribution is -2.82. The first kappa shape index (κ1) is 17.3. The highest BCUT2D eigenvalue weighted by Crippen LogP contribution is 2.65. The van der Waals surface area contributed by atoms with Crippen LogP contribution in [0.1, 0.15) is 43.2 Å². The van der Waals surface area contributed by atoms with Crippen molar-refractivity contribution >= 4 is 27.6 Å². The highest BCUT2D eigenvalue weighted by Gasteiger charge is 2.74. The molecule has 3 fully saturated rings. The lowest BCUT2D eigenvalue weighted by molar-refractivity contribution is -0.149. The zero-order valence-corrected chi connectivity index (χ0v) is 17.1. The van der Waals surface area contributed by atoms with E-state index in [0.717, 1.165) is 30.5 Å². The summed E-state index contributed by atoms with van der Waals surface area (Å²) < 4.78 is 6.19. The van der Waals surface area contributed by atoms with Crippen molar-refractivity contribution in [2.75, 3.05) is 11.9 Å². The molecule has 6 rings (SSSR count). The average Bonchev–Trinajstić information content (AvgIpc) is 3.45. The average molecular weight is 447 g/mol. The Bertz CT molecular complexity index is 916. The summed E-state index contributed by atoms with van der Waals surface area (Å²) in [5, 5.41) is 14.1. The van der Waals surface area contributed by atoms with Crippen molar-refractivity contribution in [3.8, 4) is 11.5 Å². The number of ketones is 1. The van der Waals surface area contributed by atoms with E-state index < -0.39 is 17.1 Å². The van der Waals surface area contributed by atoms with Crippen LogP contribution < -0.4 is 10.1 Å². The summed E-state index contributed by atoms with van der Waals surface area (Å²) in [5.41, 5.74) is 1.01. The number of nitrogens with one attached hydrogen (secondary N) is 1. The van der Waals surface area contributed by atoms with Crippen molar-refractivity contribution in [2.45, 2.75) is 67.7 Å². The van der Waals surface area contributed by atoms with Gasteiger partial charge in [-0.1, -0.05) is 22.0 Å². The maximum Gasteiger partial charge on any atom is 0.231 e. The molecule has 148 valence electrons. The Morgan fingerprint density at radius 3 is 2.93 bits per heavy atom. The van der Waals surface area contributed by atoms with Gasteiger partial charge in [-0.2, -0.15) is 0 Å². The predicted octanol–water partition coefficient (Wildman–Crippen LogP) is 1.80. The first-order chi connectivity index (χ1) is 13.5. The number of phenols is 1. The van der Waals surface area contributed by atoms with Gasteiger partial charge >= 0.3 is 0 Å². The Morgan fingerprint density at radius 2 is 2.18 bits per heavy atom. The molecule has 28 heavy (non-hydrogen) atoms. The third-order valence-electron chi connectivity index (χ3n) is 7.85. The minimum atomic E-state index is -0.622. The molecule has 5 aliphatic rings. The standard InChI is InChI=1S/C21H23BrN2O4/c22-10-16(27)23-21-6-5-14(26)19-20(21)7-8-24(12-2-3-12)15(21)9-11-1-4-13(25)18(28-19)17(11)20/h1,4,12,15,19,25H,2-3,5-10H2,(H,23,27)/t15-,19+,20+,21-/m1/s1. The van der Waals surface area contributed by atoms with Crippen LogP contribution in [0.15, 0.2) is 12.1 Å². The zero-order valence-electron chi connectivity index (χ0n) is 15.5. The van der Waals surface area contributed by atoms with Crippen molar-refractivity contribution in [3.63, 3.8) is 0 Å². The molecule has 1 saturated heterocycles. The fraction of sp³-hybridized carbons (Fsp3) is 0.619. The van der Waals surface area contributed by atoms with Crippen LogP contribution in [0.25, 0.3) is 0 Å². The summed E-state index contributed by atoms with van der Waals surface area (Å²) in [6.07, 6.45) is 4.40. The first-order valence-corrected chi connectivity index (χ1v) is 11.3. The van der Waals surface area contributed by atoms with Crippen LogP contribution in [-0.4, -0.2) is 57.3 Å². The first-order valence-electron chi connectivity index (χ1n) is 10.2. The van der Waals surface area contributed by atoms with Gasteiger partial charge in [0.15, 0.2) is 23.4 Å². The number of nitrogens with zero attached hydrogens (tertiary/aromatic N) is 1. The second kappa shape index (κ2) is 5.51. The van der Waals surface area contributed by atoms with Gasteiger partial charge in [-0.25, -0.2) is 0 Å². The fourth-order valence-corrected chi connectivity index (χ4v) is 6.92.